The standard InChI is InChI=1S/C21H19N3O3/c1-14-2-10-18(11-3-14)27-19-12-8-16(9-13-19)23-20(25)15-4-6-17(7-5-15)24-21(22)26/h2-13H,1H3,(H,23,25)(H3,22,24,26). The molecule has 0 aliphatic heterocycles. The lowest BCUT2D eigenvalue weighted by Crippen LogP contribution is -2.19. The van der Waals surface area contributed by atoms with Crippen LogP contribution in [0.15, 0.2) is 72.8 Å². The molecule has 0 unspecified atom stereocenters. The van der Waals surface area contributed by atoms with Crippen LogP contribution in [0.25, 0.3) is 0 Å². The second kappa shape index (κ2) is 8.05. The van der Waals surface area contributed by atoms with E-state index >= 15 is 0 Å². The fourth-order valence-electron chi connectivity index (χ4n) is 2.40. The number of rotatable bonds is 5. The van der Waals surface area contributed by atoms with E-state index in [1.165, 1.54) is 5.56 Å². The van der Waals surface area contributed by atoms with Crippen LogP contribution in [0.1, 0.15) is 15.9 Å². The van der Waals surface area contributed by atoms with Crippen molar-refractivity contribution in [3.05, 3.63) is 83.9 Å². The van der Waals surface area contributed by atoms with Crippen LogP contribution in [0.5, 0.6) is 11.5 Å². The lowest BCUT2D eigenvalue weighted by molar-refractivity contribution is 0.102. The van der Waals surface area contributed by atoms with Crippen LogP contribution in [0.4, 0.5) is 16.2 Å². The Morgan fingerprint density at radius 3 is 1.78 bits per heavy atom. The van der Waals surface area contributed by atoms with E-state index < -0.39 is 6.03 Å². The second-order valence-electron chi connectivity index (χ2n) is 5.96. The van der Waals surface area contributed by atoms with Gasteiger partial charge in [-0.2, -0.15) is 0 Å². The Kier molecular flexibility index (Phi) is 5.37. The summed E-state index contributed by atoms with van der Waals surface area (Å²) in [5, 5.41) is 5.25. The molecule has 0 bridgehead atoms. The minimum atomic E-state index is -0.653. The van der Waals surface area contributed by atoms with Gasteiger partial charge in [0.1, 0.15) is 11.5 Å². The van der Waals surface area contributed by atoms with Crippen LogP contribution in [-0.4, -0.2) is 11.9 Å². The summed E-state index contributed by atoms with van der Waals surface area (Å²) in [5.74, 6) is 1.17. The first-order valence-electron chi connectivity index (χ1n) is 8.32. The molecule has 4 N–H and O–H groups in total. The molecule has 136 valence electrons. The fourth-order valence-corrected chi connectivity index (χ4v) is 2.40. The van der Waals surface area contributed by atoms with Crippen molar-refractivity contribution in [3.8, 4) is 11.5 Å². The molecule has 0 atom stereocenters. The van der Waals surface area contributed by atoms with E-state index in [0.29, 0.717) is 22.7 Å². The summed E-state index contributed by atoms with van der Waals surface area (Å²) in [4.78, 5) is 23.1. The van der Waals surface area contributed by atoms with E-state index in [1.807, 2.05) is 31.2 Å². The van der Waals surface area contributed by atoms with Gasteiger partial charge in [-0.25, -0.2) is 4.79 Å². The molecule has 27 heavy (non-hydrogen) atoms. The van der Waals surface area contributed by atoms with Gasteiger partial charge < -0.3 is 21.1 Å². The first-order chi connectivity index (χ1) is 13.0. The first-order valence-corrected chi connectivity index (χ1v) is 8.32. The Morgan fingerprint density at radius 2 is 1.22 bits per heavy atom. The maximum Gasteiger partial charge on any atom is 0.316 e. The molecule has 0 saturated heterocycles. The predicted molar refractivity (Wildman–Crippen MR) is 105 cm³/mol. The third kappa shape index (κ3) is 5.09. The van der Waals surface area contributed by atoms with Gasteiger partial charge in [0, 0.05) is 16.9 Å². The number of carbonyl (C=O) groups excluding carboxylic acids is 2. The number of benzene rings is 3. The van der Waals surface area contributed by atoms with Crippen molar-refractivity contribution >= 4 is 23.3 Å². The molecule has 0 aliphatic carbocycles. The van der Waals surface area contributed by atoms with E-state index in [4.69, 9.17) is 10.5 Å². The molecule has 3 aromatic rings. The third-order valence-electron chi connectivity index (χ3n) is 3.78. The number of amides is 3. The van der Waals surface area contributed by atoms with E-state index in [9.17, 15) is 9.59 Å². The zero-order valence-electron chi connectivity index (χ0n) is 14.7. The number of urea groups is 1. The second-order valence-corrected chi connectivity index (χ2v) is 5.96. The van der Waals surface area contributed by atoms with E-state index in [-0.39, 0.29) is 5.91 Å². The Bertz CT molecular complexity index is 934. The molecule has 0 heterocycles. The highest BCUT2D eigenvalue weighted by molar-refractivity contribution is 6.04. The van der Waals surface area contributed by atoms with E-state index in [0.717, 1.165) is 5.75 Å². The largest absolute Gasteiger partial charge is 0.457 e. The Balaban J connectivity index is 1.61. The van der Waals surface area contributed by atoms with Gasteiger partial charge in [0.05, 0.1) is 0 Å². The van der Waals surface area contributed by atoms with E-state index in [2.05, 4.69) is 10.6 Å². The summed E-state index contributed by atoms with van der Waals surface area (Å²) >= 11 is 0. The van der Waals surface area contributed by atoms with Gasteiger partial charge in [0.15, 0.2) is 0 Å². The number of ether oxygens (including phenoxy) is 1. The summed E-state index contributed by atoms with van der Waals surface area (Å²) < 4.78 is 5.77. The van der Waals surface area contributed by atoms with Crippen LogP contribution in [0, 0.1) is 6.92 Å². The molecule has 0 spiro atoms. The Hall–Kier alpha value is -3.80. The van der Waals surface area contributed by atoms with Crippen molar-refractivity contribution in [1.29, 1.82) is 0 Å². The summed E-state index contributed by atoms with van der Waals surface area (Å²) in [6.45, 7) is 2.02. The topological polar surface area (TPSA) is 93.4 Å². The van der Waals surface area contributed by atoms with Crippen molar-refractivity contribution in [2.75, 3.05) is 10.6 Å². The highest BCUT2D eigenvalue weighted by Crippen LogP contribution is 2.23. The van der Waals surface area contributed by atoms with Gasteiger partial charge in [0.2, 0.25) is 0 Å². The smallest absolute Gasteiger partial charge is 0.316 e. The highest BCUT2D eigenvalue weighted by Gasteiger charge is 2.07. The molecule has 0 saturated carbocycles. The third-order valence-corrected chi connectivity index (χ3v) is 3.78. The summed E-state index contributed by atoms with van der Waals surface area (Å²) in [6, 6.07) is 20.7. The van der Waals surface area contributed by atoms with Gasteiger partial charge in [0.25, 0.3) is 5.91 Å². The lowest BCUT2D eigenvalue weighted by Gasteiger charge is -2.09. The SMILES string of the molecule is Cc1ccc(Oc2ccc(NC(=O)c3ccc(NC(N)=O)cc3)cc2)cc1. The van der Waals surface area contributed by atoms with Crippen molar-refractivity contribution in [1.82, 2.24) is 0 Å². The molecule has 3 amide bonds. The summed E-state index contributed by atoms with van der Waals surface area (Å²) in [6.07, 6.45) is 0. The van der Waals surface area contributed by atoms with Gasteiger partial charge in [-0.05, 0) is 67.6 Å². The maximum absolute atomic E-state index is 12.3. The van der Waals surface area contributed by atoms with Crippen molar-refractivity contribution < 1.29 is 14.3 Å². The fraction of sp³-hybridized carbons (Fsp3) is 0.0476. The monoisotopic (exact) mass is 361 g/mol. The highest BCUT2D eigenvalue weighted by atomic mass is 16.5. The number of nitrogens with one attached hydrogen (secondary N) is 2. The van der Waals surface area contributed by atoms with Crippen LogP contribution >= 0.6 is 0 Å². The van der Waals surface area contributed by atoms with Gasteiger partial charge >= 0.3 is 6.03 Å². The van der Waals surface area contributed by atoms with Crippen molar-refractivity contribution in [2.45, 2.75) is 6.92 Å². The van der Waals surface area contributed by atoms with E-state index in [1.54, 1.807) is 48.5 Å². The molecular formula is C21H19N3O3. The van der Waals surface area contributed by atoms with Gasteiger partial charge in [-0.3, -0.25) is 4.79 Å². The number of primary amides is 1. The van der Waals surface area contributed by atoms with Gasteiger partial charge in [-0.1, -0.05) is 17.7 Å². The first kappa shape index (κ1) is 18.0. The molecule has 3 aromatic carbocycles. The molecule has 3 rings (SSSR count). The minimum Gasteiger partial charge on any atom is -0.457 e. The minimum absolute atomic E-state index is 0.257. The summed E-state index contributed by atoms with van der Waals surface area (Å²) in [5.41, 5.74) is 7.85. The number of anilines is 2. The zero-order chi connectivity index (χ0) is 19.2. The van der Waals surface area contributed by atoms with Crippen molar-refractivity contribution in [2.24, 2.45) is 5.73 Å². The average molecular weight is 361 g/mol. The number of nitrogens with two attached hydrogens (primary N) is 1. The average Bonchev–Trinajstić information content (AvgIpc) is 2.65. The molecule has 6 nitrogen and oxygen atoms in total. The van der Waals surface area contributed by atoms with Crippen LogP contribution in [0.3, 0.4) is 0 Å². The predicted octanol–water partition coefficient (Wildman–Crippen LogP) is 4.53. The number of carbonyl (C=O) groups is 2. The van der Waals surface area contributed by atoms with Crippen LogP contribution < -0.4 is 21.1 Å². The number of aryl methyl sites for hydroxylation is 1. The Morgan fingerprint density at radius 1 is 0.741 bits per heavy atom. The maximum atomic E-state index is 12.3. The lowest BCUT2D eigenvalue weighted by atomic mass is 10.2. The molecule has 0 fully saturated rings. The molecule has 6 heteroatoms. The van der Waals surface area contributed by atoms with Crippen LogP contribution in [-0.2, 0) is 0 Å². The van der Waals surface area contributed by atoms with Crippen LogP contribution in [0.2, 0.25) is 0 Å². The number of hydrogen-bond donors (Lipinski definition) is 3. The Labute approximate surface area is 157 Å². The summed E-state index contributed by atoms with van der Waals surface area (Å²) in [7, 11) is 0. The van der Waals surface area contributed by atoms with Gasteiger partial charge in [-0.15, -0.1) is 0 Å². The zero-order valence-corrected chi connectivity index (χ0v) is 14.7. The normalized spacial score (nSPS) is 10.1. The molecule has 0 aliphatic rings. The molecule has 0 aromatic heterocycles. The molecular weight excluding hydrogens is 342 g/mol. The number of hydrogen-bond acceptors (Lipinski definition) is 3. The molecule has 0 radical (unpaired) electrons. The quantitative estimate of drug-likeness (QED) is 0.623. The van der Waals surface area contributed by atoms with Crippen molar-refractivity contribution in [3.63, 3.8) is 0 Å².